The molecule has 0 spiro atoms. The van der Waals surface area contributed by atoms with Crippen molar-refractivity contribution < 1.29 is 24.5 Å². The Bertz CT molecular complexity index is 1310. The summed E-state index contributed by atoms with van der Waals surface area (Å²) < 4.78 is 5.39. The number of anilines is 1. The first-order valence-corrected chi connectivity index (χ1v) is 10.6. The Balaban J connectivity index is 2.02. The van der Waals surface area contributed by atoms with Crippen LogP contribution in [0.4, 0.5) is 5.69 Å². The number of phenolic OH excluding ortho intramolecular Hbond substituents is 1. The van der Waals surface area contributed by atoms with Crippen molar-refractivity contribution in [1.29, 1.82) is 0 Å². The van der Waals surface area contributed by atoms with Gasteiger partial charge in [0.05, 0.1) is 29.3 Å². The van der Waals surface area contributed by atoms with Crippen LogP contribution in [0.25, 0.3) is 5.76 Å². The number of phenols is 1. The first-order chi connectivity index (χ1) is 15.7. The van der Waals surface area contributed by atoms with E-state index < -0.39 is 23.5 Å². The van der Waals surface area contributed by atoms with E-state index in [9.17, 15) is 19.8 Å². The van der Waals surface area contributed by atoms with Crippen LogP contribution < -0.4 is 9.64 Å². The molecular weight excluding hydrogens is 442 g/mol. The molecule has 0 radical (unpaired) electrons. The van der Waals surface area contributed by atoms with Crippen molar-refractivity contribution >= 4 is 34.7 Å². The molecule has 1 unspecified atom stereocenters. The lowest BCUT2D eigenvalue weighted by Crippen LogP contribution is -2.29. The monoisotopic (exact) mass is 463 g/mol. The minimum Gasteiger partial charge on any atom is -0.508 e. The number of methoxy groups -OCH3 is 1. The summed E-state index contributed by atoms with van der Waals surface area (Å²) in [6.45, 7) is 3.67. The van der Waals surface area contributed by atoms with Crippen LogP contribution in [0.5, 0.6) is 11.5 Å². The largest absolute Gasteiger partial charge is 0.508 e. The number of ether oxygens (including phenoxy) is 1. The number of Topliss-reactive ketones (excluding diaryl/α,β-unsaturated/α-hetero) is 1. The molecule has 3 aromatic carbocycles. The molecule has 33 heavy (non-hydrogen) atoms. The molecule has 0 aliphatic carbocycles. The van der Waals surface area contributed by atoms with E-state index in [0.717, 1.165) is 11.1 Å². The Morgan fingerprint density at radius 2 is 1.73 bits per heavy atom. The summed E-state index contributed by atoms with van der Waals surface area (Å²) in [5.41, 5.74) is 2.69. The second kappa shape index (κ2) is 8.64. The lowest BCUT2D eigenvalue weighted by atomic mass is 9.94. The van der Waals surface area contributed by atoms with Crippen molar-refractivity contribution in [3.8, 4) is 11.5 Å². The van der Waals surface area contributed by atoms with Crippen molar-refractivity contribution in [2.45, 2.75) is 19.9 Å². The molecule has 168 valence electrons. The number of nitrogens with zero attached hydrogens (tertiary/aromatic N) is 1. The zero-order valence-electron chi connectivity index (χ0n) is 18.3. The summed E-state index contributed by atoms with van der Waals surface area (Å²) in [7, 11) is 1.41. The molecule has 4 rings (SSSR count). The van der Waals surface area contributed by atoms with Crippen LogP contribution in [-0.4, -0.2) is 29.0 Å². The number of carbonyl (C=O) groups is 2. The Morgan fingerprint density at radius 1 is 1.00 bits per heavy atom. The third kappa shape index (κ3) is 3.94. The van der Waals surface area contributed by atoms with Crippen molar-refractivity contribution in [1.82, 2.24) is 0 Å². The van der Waals surface area contributed by atoms with Gasteiger partial charge < -0.3 is 14.9 Å². The highest BCUT2D eigenvalue weighted by atomic mass is 35.5. The smallest absolute Gasteiger partial charge is 0.300 e. The SMILES string of the molecule is COc1c(Cl)cc(C)cc1/C(O)=C1\C(=O)C(=O)N(c2cccc(C)c2)C1c1cccc(O)c1. The van der Waals surface area contributed by atoms with Crippen molar-refractivity contribution in [2.75, 3.05) is 12.0 Å². The van der Waals surface area contributed by atoms with Crippen molar-refractivity contribution in [3.63, 3.8) is 0 Å². The van der Waals surface area contributed by atoms with E-state index in [0.29, 0.717) is 11.3 Å². The van der Waals surface area contributed by atoms with Crippen molar-refractivity contribution in [2.24, 2.45) is 0 Å². The van der Waals surface area contributed by atoms with Gasteiger partial charge in [0.1, 0.15) is 17.3 Å². The summed E-state index contributed by atoms with van der Waals surface area (Å²) in [6, 6.07) is 15.8. The van der Waals surface area contributed by atoms with E-state index >= 15 is 0 Å². The van der Waals surface area contributed by atoms with Gasteiger partial charge in [-0.15, -0.1) is 0 Å². The molecule has 1 atom stereocenters. The number of aromatic hydroxyl groups is 1. The second-order valence-electron chi connectivity index (χ2n) is 7.93. The average molecular weight is 464 g/mol. The number of hydrogen-bond acceptors (Lipinski definition) is 5. The van der Waals surface area contributed by atoms with Gasteiger partial charge in [-0.25, -0.2) is 0 Å². The van der Waals surface area contributed by atoms with Gasteiger partial charge in [-0.1, -0.05) is 35.9 Å². The maximum Gasteiger partial charge on any atom is 0.300 e. The van der Waals surface area contributed by atoms with Crippen LogP contribution in [0.1, 0.15) is 28.3 Å². The predicted molar refractivity (Wildman–Crippen MR) is 127 cm³/mol. The Kier molecular flexibility index (Phi) is 5.87. The fourth-order valence-corrected chi connectivity index (χ4v) is 4.50. The molecule has 0 bridgehead atoms. The highest BCUT2D eigenvalue weighted by Gasteiger charge is 2.47. The van der Waals surface area contributed by atoms with Gasteiger partial charge in [0, 0.05) is 5.69 Å². The van der Waals surface area contributed by atoms with Gasteiger partial charge >= 0.3 is 0 Å². The molecule has 1 heterocycles. The van der Waals surface area contributed by atoms with E-state index in [-0.39, 0.29) is 27.7 Å². The highest BCUT2D eigenvalue weighted by molar-refractivity contribution is 6.51. The maximum atomic E-state index is 13.3. The third-order valence-corrected chi connectivity index (χ3v) is 5.84. The van der Waals surface area contributed by atoms with Crippen LogP contribution in [-0.2, 0) is 9.59 Å². The van der Waals surface area contributed by atoms with Gasteiger partial charge in [-0.2, -0.15) is 0 Å². The Hall–Kier alpha value is -3.77. The van der Waals surface area contributed by atoms with Crippen LogP contribution in [0.15, 0.2) is 66.2 Å². The van der Waals surface area contributed by atoms with Gasteiger partial charge in [0.2, 0.25) is 0 Å². The maximum absolute atomic E-state index is 13.3. The molecule has 1 amide bonds. The van der Waals surface area contributed by atoms with Crippen LogP contribution in [0, 0.1) is 13.8 Å². The van der Waals surface area contributed by atoms with Crippen molar-refractivity contribution in [3.05, 3.63) is 93.5 Å². The Morgan fingerprint density at radius 3 is 2.39 bits per heavy atom. The lowest BCUT2D eigenvalue weighted by Gasteiger charge is -2.26. The van der Waals surface area contributed by atoms with Crippen LogP contribution in [0.3, 0.4) is 0 Å². The Labute approximate surface area is 196 Å². The first-order valence-electron chi connectivity index (χ1n) is 10.2. The quantitative estimate of drug-likeness (QED) is 0.311. The number of aliphatic hydroxyl groups is 1. The lowest BCUT2D eigenvalue weighted by molar-refractivity contribution is -0.132. The zero-order valence-corrected chi connectivity index (χ0v) is 19.1. The number of aliphatic hydroxyl groups excluding tert-OH is 1. The molecular formula is C26H22ClNO5. The summed E-state index contributed by atoms with van der Waals surface area (Å²) >= 11 is 6.31. The number of ketones is 1. The minimum absolute atomic E-state index is 0.0292. The van der Waals surface area contributed by atoms with E-state index in [2.05, 4.69) is 0 Å². The highest BCUT2D eigenvalue weighted by Crippen LogP contribution is 2.45. The van der Waals surface area contributed by atoms with Crippen LogP contribution >= 0.6 is 11.6 Å². The number of amides is 1. The van der Waals surface area contributed by atoms with E-state index in [4.69, 9.17) is 16.3 Å². The normalized spacial score (nSPS) is 17.5. The molecule has 0 saturated carbocycles. The third-order valence-electron chi connectivity index (χ3n) is 5.56. The molecule has 0 aromatic heterocycles. The summed E-state index contributed by atoms with van der Waals surface area (Å²) in [4.78, 5) is 27.8. The van der Waals surface area contributed by atoms with Gasteiger partial charge in [0.25, 0.3) is 11.7 Å². The molecule has 1 aliphatic heterocycles. The molecule has 6 nitrogen and oxygen atoms in total. The molecule has 1 aliphatic rings. The van der Waals surface area contributed by atoms with E-state index in [1.54, 1.807) is 49.4 Å². The summed E-state index contributed by atoms with van der Waals surface area (Å²) in [5, 5.41) is 21.7. The fourth-order valence-electron chi connectivity index (χ4n) is 4.14. The van der Waals surface area contributed by atoms with Crippen LogP contribution in [0.2, 0.25) is 5.02 Å². The minimum atomic E-state index is -0.970. The van der Waals surface area contributed by atoms with Gasteiger partial charge in [-0.05, 0) is 66.9 Å². The topological polar surface area (TPSA) is 87.1 Å². The van der Waals surface area contributed by atoms with Gasteiger partial charge in [-0.3, -0.25) is 14.5 Å². The predicted octanol–water partition coefficient (Wildman–Crippen LogP) is 5.30. The van der Waals surface area contributed by atoms with E-state index in [1.807, 2.05) is 13.0 Å². The number of carbonyl (C=O) groups excluding carboxylic acids is 2. The molecule has 1 saturated heterocycles. The number of hydrogen-bond donors (Lipinski definition) is 2. The van der Waals surface area contributed by atoms with E-state index in [1.165, 1.54) is 24.1 Å². The second-order valence-corrected chi connectivity index (χ2v) is 8.34. The summed E-state index contributed by atoms with van der Waals surface area (Å²) in [6.07, 6.45) is 0. The standard InChI is InChI=1S/C26H22ClNO5/c1-14-6-4-8-17(10-14)28-22(16-7-5-9-18(29)13-16)21(24(31)26(28)32)23(30)19-11-15(2)12-20(27)25(19)33-3/h4-13,22,29-30H,1-3H3/b23-21+. The molecule has 1 fully saturated rings. The number of aryl methyl sites for hydroxylation is 2. The summed E-state index contributed by atoms with van der Waals surface area (Å²) in [5.74, 6) is -1.87. The first kappa shape index (κ1) is 22.4. The molecule has 2 N–H and O–H groups in total. The number of benzene rings is 3. The average Bonchev–Trinajstić information content (AvgIpc) is 3.03. The zero-order chi connectivity index (χ0) is 23.9. The number of rotatable bonds is 4. The fraction of sp³-hybridized carbons (Fsp3) is 0.154. The molecule has 3 aromatic rings. The number of halogens is 1. The molecule has 7 heteroatoms. The van der Waals surface area contributed by atoms with Gasteiger partial charge in [0.15, 0.2) is 0 Å².